The van der Waals surface area contributed by atoms with Crippen LogP contribution in [0.15, 0.2) is 0 Å². The Labute approximate surface area is 96.3 Å². The van der Waals surface area contributed by atoms with Crippen LogP contribution in [0.25, 0.3) is 0 Å². The minimum absolute atomic E-state index is 0. The monoisotopic (exact) mass is 238 g/mol. The average Bonchev–Trinajstić information content (AvgIpc) is 2.03. The molecular weight excluding hydrogens is 220 g/mol. The summed E-state index contributed by atoms with van der Waals surface area (Å²) >= 11 is 0. The van der Waals surface area contributed by atoms with Crippen molar-refractivity contribution >= 4 is 24.3 Å². The molecule has 0 rings (SSSR count). The van der Waals surface area contributed by atoms with Crippen LogP contribution in [0.2, 0.25) is 0 Å². The minimum atomic E-state index is -0.968. The van der Waals surface area contributed by atoms with Crippen molar-refractivity contribution in [1.29, 1.82) is 0 Å². The van der Waals surface area contributed by atoms with E-state index < -0.39 is 11.5 Å². The van der Waals surface area contributed by atoms with Gasteiger partial charge in [-0.2, -0.15) is 0 Å². The number of carbonyl (C=O) groups is 2. The van der Waals surface area contributed by atoms with Crippen molar-refractivity contribution in [3.63, 3.8) is 0 Å². The quantitative estimate of drug-likeness (QED) is 0.666. The fourth-order valence-corrected chi connectivity index (χ4v) is 0.916. The Morgan fingerprint density at radius 2 is 1.87 bits per heavy atom. The van der Waals surface area contributed by atoms with Gasteiger partial charge in [0.15, 0.2) is 0 Å². The minimum Gasteiger partial charge on any atom is -0.464 e. The summed E-state index contributed by atoms with van der Waals surface area (Å²) in [5, 5.41) is 5.26. The second-order valence-electron chi connectivity index (χ2n) is 3.42. The number of carbonyl (C=O) groups excluding carboxylic acids is 2. The maximum Gasteiger partial charge on any atom is 0.331 e. The van der Waals surface area contributed by atoms with E-state index >= 15 is 0 Å². The van der Waals surface area contributed by atoms with Crippen LogP contribution in [0.5, 0.6) is 0 Å². The number of nitrogens with one attached hydrogen (secondary N) is 2. The number of hydrogen-bond donors (Lipinski definition) is 2. The first-order chi connectivity index (χ1) is 6.44. The molecule has 5 nitrogen and oxygen atoms in total. The molecule has 0 spiro atoms. The second-order valence-corrected chi connectivity index (χ2v) is 3.42. The number of rotatable bonds is 5. The summed E-state index contributed by atoms with van der Waals surface area (Å²) < 4.78 is 4.81. The molecule has 0 saturated carbocycles. The summed E-state index contributed by atoms with van der Waals surface area (Å²) in [6.07, 6.45) is 0. The molecule has 6 heteroatoms. The molecule has 0 radical (unpaired) electrons. The molecule has 2 N–H and O–H groups in total. The van der Waals surface area contributed by atoms with Gasteiger partial charge in [-0.05, 0) is 27.8 Å². The summed E-state index contributed by atoms with van der Waals surface area (Å²) in [6.45, 7) is 5.44. The van der Waals surface area contributed by atoms with Gasteiger partial charge in [-0.1, -0.05) is 0 Å². The fraction of sp³-hybridized carbons (Fsp3) is 0.778. The largest absolute Gasteiger partial charge is 0.464 e. The summed E-state index contributed by atoms with van der Waals surface area (Å²) in [6, 6.07) is 0. The van der Waals surface area contributed by atoms with Crippen molar-refractivity contribution in [2.45, 2.75) is 26.3 Å². The first-order valence-electron chi connectivity index (χ1n) is 4.57. The number of amides is 1. The van der Waals surface area contributed by atoms with E-state index in [9.17, 15) is 9.59 Å². The van der Waals surface area contributed by atoms with Gasteiger partial charge in [0.1, 0.15) is 5.54 Å². The van der Waals surface area contributed by atoms with Crippen molar-refractivity contribution < 1.29 is 14.3 Å². The van der Waals surface area contributed by atoms with Gasteiger partial charge >= 0.3 is 5.97 Å². The highest BCUT2D eigenvalue weighted by Gasteiger charge is 2.30. The topological polar surface area (TPSA) is 67.4 Å². The summed E-state index contributed by atoms with van der Waals surface area (Å²) in [5.41, 5.74) is -0.968. The molecule has 0 aromatic carbocycles. The van der Waals surface area contributed by atoms with Crippen LogP contribution >= 0.6 is 12.4 Å². The predicted molar refractivity (Wildman–Crippen MR) is 60.0 cm³/mol. The van der Waals surface area contributed by atoms with Gasteiger partial charge in [-0.15, -0.1) is 12.4 Å². The lowest BCUT2D eigenvalue weighted by atomic mass is 10.1. The Bertz CT molecular complexity index is 219. The molecule has 0 aliphatic carbocycles. The third kappa shape index (κ3) is 6.30. The highest BCUT2D eigenvalue weighted by molar-refractivity contribution is 5.88. The van der Waals surface area contributed by atoms with Crippen molar-refractivity contribution in [2.75, 3.05) is 20.2 Å². The van der Waals surface area contributed by atoms with E-state index in [0.717, 1.165) is 0 Å². The first kappa shape index (κ1) is 16.6. The zero-order chi connectivity index (χ0) is 11.2. The van der Waals surface area contributed by atoms with Crippen LogP contribution < -0.4 is 10.6 Å². The van der Waals surface area contributed by atoms with E-state index in [0.29, 0.717) is 6.61 Å². The third-order valence-electron chi connectivity index (χ3n) is 1.57. The fourth-order valence-electron chi connectivity index (χ4n) is 0.916. The summed E-state index contributed by atoms with van der Waals surface area (Å²) in [5.74, 6) is -0.657. The lowest BCUT2D eigenvalue weighted by Crippen LogP contribution is -2.52. The molecule has 0 bridgehead atoms. The molecule has 0 aromatic rings. The number of ether oxygens (including phenoxy) is 1. The van der Waals surface area contributed by atoms with Crippen molar-refractivity contribution in [1.82, 2.24) is 10.6 Å². The van der Waals surface area contributed by atoms with Crippen molar-refractivity contribution in [3.8, 4) is 0 Å². The number of hydrogen-bond acceptors (Lipinski definition) is 4. The average molecular weight is 239 g/mol. The van der Waals surface area contributed by atoms with E-state index in [1.54, 1.807) is 27.8 Å². The molecule has 0 aliphatic heterocycles. The van der Waals surface area contributed by atoms with Gasteiger partial charge in [-0.25, -0.2) is 4.79 Å². The zero-order valence-corrected chi connectivity index (χ0v) is 10.4. The molecule has 0 aromatic heterocycles. The molecule has 90 valence electrons. The third-order valence-corrected chi connectivity index (χ3v) is 1.57. The molecule has 0 saturated heterocycles. The SMILES string of the molecule is CCOC(=O)C(C)(C)NC(=O)CNC.Cl. The molecular formula is C9H19ClN2O3. The Kier molecular flexibility index (Phi) is 8.28. The van der Waals surface area contributed by atoms with Gasteiger partial charge in [-0.3, -0.25) is 4.79 Å². The van der Waals surface area contributed by atoms with Crippen molar-refractivity contribution in [2.24, 2.45) is 0 Å². The van der Waals surface area contributed by atoms with E-state index in [-0.39, 0.29) is 24.9 Å². The van der Waals surface area contributed by atoms with Crippen molar-refractivity contribution in [3.05, 3.63) is 0 Å². The Balaban J connectivity index is 0. The van der Waals surface area contributed by atoms with Crippen LogP contribution in [-0.2, 0) is 14.3 Å². The molecule has 0 atom stereocenters. The Morgan fingerprint density at radius 1 is 1.33 bits per heavy atom. The van der Waals surface area contributed by atoms with Gasteiger partial charge in [0, 0.05) is 0 Å². The zero-order valence-electron chi connectivity index (χ0n) is 9.55. The Hall–Kier alpha value is -0.810. The lowest BCUT2D eigenvalue weighted by Gasteiger charge is -2.23. The smallest absolute Gasteiger partial charge is 0.331 e. The lowest BCUT2D eigenvalue weighted by molar-refractivity contribution is -0.151. The standard InChI is InChI=1S/C9H18N2O3.ClH/c1-5-14-8(13)9(2,3)11-7(12)6-10-4;/h10H,5-6H2,1-4H3,(H,11,12);1H. The van der Waals surface area contributed by atoms with E-state index in [4.69, 9.17) is 4.74 Å². The molecule has 0 unspecified atom stereocenters. The van der Waals surface area contributed by atoms with Crippen LogP contribution in [0.1, 0.15) is 20.8 Å². The molecule has 0 aliphatic rings. The molecule has 15 heavy (non-hydrogen) atoms. The number of halogens is 1. The van der Waals surface area contributed by atoms with Gasteiger partial charge in [0.25, 0.3) is 0 Å². The highest BCUT2D eigenvalue weighted by atomic mass is 35.5. The van der Waals surface area contributed by atoms with Crippen LogP contribution in [0.3, 0.4) is 0 Å². The first-order valence-corrected chi connectivity index (χ1v) is 4.57. The van der Waals surface area contributed by atoms with E-state index in [1.807, 2.05) is 0 Å². The van der Waals surface area contributed by atoms with E-state index in [1.165, 1.54) is 0 Å². The second kappa shape index (κ2) is 7.48. The number of esters is 1. The van der Waals surface area contributed by atoms with Crippen LogP contribution in [0, 0.1) is 0 Å². The van der Waals surface area contributed by atoms with Crippen LogP contribution in [0.4, 0.5) is 0 Å². The predicted octanol–water partition coefficient (Wildman–Crippen LogP) is 0.0855. The van der Waals surface area contributed by atoms with Gasteiger partial charge < -0.3 is 15.4 Å². The van der Waals surface area contributed by atoms with Gasteiger partial charge in [0.05, 0.1) is 13.2 Å². The Morgan fingerprint density at radius 3 is 2.27 bits per heavy atom. The maximum atomic E-state index is 11.3. The summed E-state index contributed by atoms with van der Waals surface area (Å²) in [7, 11) is 1.66. The molecule has 0 heterocycles. The maximum absolute atomic E-state index is 11.3. The molecule has 0 fully saturated rings. The normalized spacial score (nSPS) is 10.1. The van der Waals surface area contributed by atoms with Gasteiger partial charge in [0.2, 0.25) is 5.91 Å². The summed E-state index contributed by atoms with van der Waals surface area (Å²) in [4.78, 5) is 22.5. The molecule has 1 amide bonds. The number of likely N-dealkylation sites (N-methyl/N-ethyl adjacent to an activating group) is 1. The highest BCUT2D eigenvalue weighted by Crippen LogP contribution is 2.04. The van der Waals surface area contributed by atoms with Crippen LogP contribution in [-0.4, -0.2) is 37.6 Å². The van der Waals surface area contributed by atoms with E-state index in [2.05, 4.69) is 10.6 Å².